The average Bonchev–Trinajstić information content (AvgIpc) is 2.96. The molecule has 2 rings (SSSR count). The molecule has 2 saturated heterocycles. The molecule has 0 saturated carbocycles. The Morgan fingerprint density at radius 1 is 1.00 bits per heavy atom. The highest BCUT2D eigenvalue weighted by Crippen LogP contribution is 2.60. The van der Waals surface area contributed by atoms with Crippen LogP contribution in [0.1, 0.15) is 54.4 Å². The minimum atomic E-state index is -0.181. The first kappa shape index (κ1) is 17.7. The molecule has 1 atom stereocenters. The van der Waals surface area contributed by atoms with Gasteiger partial charge in [-0.3, -0.25) is 0 Å². The van der Waals surface area contributed by atoms with E-state index in [4.69, 9.17) is 6.42 Å². The van der Waals surface area contributed by atoms with Crippen molar-refractivity contribution in [2.45, 2.75) is 60.4 Å². The fourth-order valence-electron chi connectivity index (χ4n) is 4.82. The highest BCUT2D eigenvalue weighted by Gasteiger charge is 2.70. The van der Waals surface area contributed by atoms with Gasteiger partial charge in [0.1, 0.15) is 0 Å². The molecular weight excluding hydrogens is 282 g/mol. The number of carbonyl (C=O) groups is 1. The lowest BCUT2D eigenvalue weighted by atomic mass is 9.50. The number of rotatable bonds is 0. The van der Waals surface area contributed by atoms with Gasteiger partial charge in [-0.1, -0.05) is 41.5 Å². The minimum absolute atomic E-state index is 0.181. The number of piperidine rings is 1. The van der Waals surface area contributed by atoms with Crippen LogP contribution in [0.15, 0.2) is 0 Å². The number of quaternary nitrogens is 1. The van der Waals surface area contributed by atoms with Gasteiger partial charge in [0.2, 0.25) is 0 Å². The van der Waals surface area contributed by atoms with E-state index in [0.29, 0.717) is 4.48 Å². The second-order valence-electron chi connectivity index (χ2n) is 8.97. The van der Waals surface area contributed by atoms with Crippen LogP contribution in [0.25, 0.3) is 0 Å². The molecule has 0 aliphatic carbocycles. The number of hydrogen-bond donors (Lipinski definition) is 0. The van der Waals surface area contributed by atoms with Crippen LogP contribution >= 0.6 is 0 Å². The van der Waals surface area contributed by atoms with Crippen molar-refractivity contribution in [2.75, 3.05) is 13.1 Å². The molecule has 2 fully saturated rings. The Morgan fingerprint density at radius 3 is 1.96 bits per heavy atom. The summed E-state index contributed by atoms with van der Waals surface area (Å²) in [6, 6.07) is -0.181. The maximum absolute atomic E-state index is 12.4. The number of amides is 1. The molecule has 2 aliphatic heterocycles. The van der Waals surface area contributed by atoms with Gasteiger partial charge in [0.05, 0.1) is 13.1 Å². The van der Waals surface area contributed by atoms with Gasteiger partial charge in [-0.25, -0.2) is 9.28 Å². The summed E-state index contributed by atoms with van der Waals surface area (Å²) in [5.74, 6) is 13.3. The van der Waals surface area contributed by atoms with Gasteiger partial charge in [-0.05, 0) is 45.8 Å². The highest BCUT2D eigenvalue weighted by atomic mass is 16.2. The first-order valence-corrected chi connectivity index (χ1v) is 8.39. The molecule has 0 N–H and O–H groups in total. The number of terminal acetylenes is 1. The predicted molar refractivity (Wildman–Crippen MR) is 93.8 cm³/mol. The van der Waals surface area contributed by atoms with E-state index in [0.717, 1.165) is 25.9 Å². The average molecular weight is 310 g/mol. The molecule has 2 aliphatic rings. The topological polar surface area (TPSA) is 17.1 Å². The zero-order valence-corrected chi connectivity index (χ0v) is 15.3. The third kappa shape index (κ3) is 2.69. The summed E-state index contributed by atoms with van der Waals surface area (Å²) in [4.78, 5) is 12.4. The quantitative estimate of drug-likeness (QED) is 0.381. The molecule has 2 heteroatoms. The third-order valence-corrected chi connectivity index (χ3v) is 6.25. The standard InChI is InChI=1S/C21H28NO/c1-8-9-10-11-12-17-18(23)22(17)15-13-21(14-16-22,19(2,3)4)20(5,6)7/h1,17H,13-16H2,2-7H3/q+1. The van der Waals surface area contributed by atoms with E-state index in [9.17, 15) is 4.79 Å². The van der Waals surface area contributed by atoms with Crippen LogP contribution in [0, 0.1) is 52.3 Å². The molecule has 1 spiro atoms. The van der Waals surface area contributed by atoms with Gasteiger partial charge in [0.15, 0.2) is 0 Å². The smallest absolute Gasteiger partial charge is 0.230 e. The van der Waals surface area contributed by atoms with E-state index in [1.165, 1.54) is 0 Å². The molecule has 23 heavy (non-hydrogen) atoms. The Hall–Kier alpha value is -1.69. The second-order valence-corrected chi connectivity index (χ2v) is 8.97. The molecule has 0 aromatic heterocycles. The van der Waals surface area contributed by atoms with E-state index >= 15 is 0 Å². The maximum Gasteiger partial charge on any atom is 0.386 e. The summed E-state index contributed by atoms with van der Waals surface area (Å²) in [7, 11) is 0. The zero-order valence-electron chi connectivity index (χ0n) is 15.3. The number of carbonyl (C=O) groups excluding carboxylic acids is 1. The Morgan fingerprint density at radius 2 is 1.52 bits per heavy atom. The van der Waals surface area contributed by atoms with Gasteiger partial charge in [-0.2, -0.15) is 0 Å². The summed E-state index contributed by atoms with van der Waals surface area (Å²) in [6.07, 6.45) is 7.21. The van der Waals surface area contributed by atoms with Gasteiger partial charge < -0.3 is 0 Å². The summed E-state index contributed by atoms with van der Waals surface area (Å²) in [6.45, 7) is 15.8. The van der Waals surface area contributed by atoms with E-state index in [-0.39, 0.29) is 28.2 Å². The SMILES string of the molecule is C#CC#CC#CC1C(=O)[N+]12CCC(C(C)(C)C)(C(C)(C)C)CC2. The van der Waals surface area contributed by atoms with Crippen LogP contribution in [0.3, 0.4) is 0 Å². The summed E-state index contributed by atoms with van der Waals surface area (Å²) in [5, 5.41) is 0. The van der Waals surface area contributed by atoms with E-state index in [1.807, 2.05) is 0 Å². The zero-order chi connectivity index (χ0) is 17.5. The molecule has 2 nitrogen and oxygen atoms in total. The molecule has 0 bridgehead atoms. The largest absolute Gasteiger partial charge is 0.386 e. The van der Waals surface area contributed by atoms with Crippen molar-refractivity contribution in [3.8, 4) is 36.0 Å². The predicted octanol–water partition coefficient (Wildman–Crippen LogP) is 3.22. The minimum Gasteiger partial charge on any atom is -0.230 e. The van der Waals surface area contributed by atoms with Crippen molar-refractivity contribution in [3.63, 3.8) is 0 Å². The van der Waals surface area contributed by atoms with E-state index in [1.54, 1.807) is 0 Å². The van der Waals surface area contributed by atoms with Crippen LogP contribution in [0.4, 0.5) is 0 Å². The van der Waals surface area contributed by atoms with E-state index < -0.39 is 0 Å². The maximum atomic E-state index is 12.4. The van der Waals surface area contributed by atoms with Crippen LogP contribution in [-0.4, -0.2) is 29.5 Å². The summed E-state index contributed by atoms with van der Waals surface area (Å²) < 4.78 is 0.540. The number of hydrogen-bond acceptors (Lipinski definition) is 1. The van der Waals surface area contributed by atoms with Gasteiger partial charge >= 0.3 is 5.91 Å². The fraction of sp³-hybridized carbons (Fsp3) is 0.667. The van der Waals surface area contributed by atoms with Crippen LogP contribution in [0.2, 0.25) is 0 Å². The van der Waals surface area contributed by atoms with Gasteiger partial charge in [-0.15, -0.1) is 6.42 Å². The van der Waals surface area contributed by atoms with Crippen molar-refractivity contribution >= 4 is 5.91 Å². The molecule has 1 amide bonds. The third-order valence-electron chi connectivity index (χ3n) is 6.25. The van der Waals surface area contributed by atoms with Crippen molar-refractivity contribution in [3.05, 3.63) is 0 Å². The molecule has 1 unspecified atom stereocenters. The Balaban J connectivity index is 2.19. The van der Waals surface area contributed by atoms with Crippen LogP contribution in [-0.2, 0) is 4.79 Å². The summed E-state index contributed by atoms with van der Waals surface area (Å²) >= 11 is 0. The lowest BCUT2D eigenvalue weighted by Gasteiger charge is -2.56. The molecule has 0 radical (unpaired) electrons. The fourth-order valence-corrected chi connectivity index (χ4v) is 4.82. The Kier molecular flexibility index (Phi) is 4.18. The first-order valence-electron chi connectivity index (χ1n) is 8.39. The van der Waals surface area contributed by atoms with Crippen molar-refractivity contribution < 1.29 is 9.28 Å². The molecule has 0 aromatic carbocycles. The highest BCUT2D eigenvalue weighted by molar-refractivity contribution is 5.90. The van der Waals surface area contributed by atoms with E-state index in [2.05, 4.69) is 71.1 Å². The first-order chi connectivity index (χ1) is 10.5. The summed E-state index contributed by atoms with van der Waals surface area (Å²) in [5.41, 5.74) is 0.677. The van der Waals surface area contributed by atoms with Crippen molar-refractivity contribution in [1.29, 1.82) is 0 Å². The molecular formula is C21H28NO+. The van der Waals surface area contributed by atoms with Crippen LogP contribution < -0.4 is 0 Å². The van der Waals surface area contributed by atoms with Crippen molar-refractivity contribution in [2.24, 2.45) is 16.2 Å². The normalized spacial score (nSPS) is 24.7. The number of nitrogens with zero attached hydrogens (tertiary/aromatic N) is 1. The van der Waals surface area contributed by atoms with Gasteiger partial charge in [0, 0.05) is 12.8 Å². The molecule has 0 aromatic rings. The molecule has 122 valence electrons. The van der Waals surface area contributed by atoms with Gasteiger partial charge in [0.25, 0.3) is 6.04 Å². The lowest BCUT2D eigenvalue weighted by Crippen LogP contribution is -2.55. The van der Waals surface area contributed by atoms with Crippen molar-refractivity contribution in [1.82, 2.24) is 0 Å². The Bertz CT molecular complexity index is 646. The second kappa shape index (κ2) is 5.44. The Labute approximate surface area is 141 Å². The lowest BCUT2D eigenvalue weighted by molar-refractivity contribution is -0.782. The van der Waals surface area contributed by atoms with Crippen LogP contribution in [0.5, 0.6) is 0 Å². The monoisotopic (exact) mass is 310 g/mol. The molecule has 2 heterocycles.